The molecule has 0 atom stereocenters. The first-order valence-corrected chi connectivity index (χ1v) is 5.59. The third-order valence-corrected chi connectivity index (χ3v) is 2.26. The van der Waals surface area contributed by atoms with Gasteiger partial charge in [0.25, 0.3) is 0 Å². The largest absolute Gasteiger partial charge is 0.394 e. The number of hydrogen-bond acceptors (Lipinski definition) is 5. The molecule has 0 saturated carbocycles. The van der Waals surface area contributed by atoms with Gasteiger partial charge >= 0.3 is 11.8 Å². The van der Waals surface area contributed by atoms with E-state index in [9.17, 15) is 9.59 Å². The number of carbonyl (C=O) groups excluding carboxylic acids is 2. The Kier molecular flexibility index (Phi) is 6.53. The van der Waals surface area contributed by atoms with Crippen LogP contribution in [0.4, 0.5) is 0 Å². The second-order valence-electron chi connectivity index (χ2n) is 3.50. The SMILES string of the molecule is O=C(NCCOCCO)C(=O)N1CCOCC1. The first-order valence-electron chi connectivity index (χ1n) is 5.59. The first kappa shape index (κ1) is 13.9. The molecular weight excluding hydrogens is 228 g/mol. The quantitative estimate of drug-likeness (QED) is 0.431. The van der Waals surface area contributed by atoms with E-state index in [4.69, 9.17) is 14.6 Å². The lowest BCUT2D eigenvalue weighted by Gasteiger charge is -2.26. The molecule has 7 nitrogen and oxygen atoms in total. The van der Waals surface area contributed by atoms with Gasteiger partial charge in [-0.1, -0.05) is 0 Å². The summed E-state index contributed by atoms with van der Waals surface area (Å²) >= 11 is 0. The first-order chi connectivity index (χ1) is 8.25. The van der Waals surface area contributed by atoms with Crippen LogP contribution in [0.25, 0.3) is 0 Å². The minimum Gasteiger partial charge on any atom is -0.394 e. The zero-order chi connectivity index (χ0) is 12.5. The van der Waals surface area contributed by atoms with Gasteiger partial charge in [0.15, 0.2) is 0 Å². The summed E-state index contributed by atoms with van der Waals surface area (Å²) in [6.07, 6.45) is 0. The Hall–Kier alpha value is -1.18. The molecule has 0 radical (unpaired) electrons. The lowest BCUT2D eigenvalue weighted by molar-refractivity contribution is -0.148. The Balaban J connectivity index is 2.15. The highest BCUT2D eigenvalue weighted by atomic mass is 16.5. The van der Waals surface area contributed by atoms with Crippen LogP contribution in [0.15, 0.2) is 0 Å². The summed E-state index contributed by atoms with van der Waals surface area (Å²) in [4.78, 5) is 24.5. The Morgan fingerprint density at radius 3 is 2.65 bits per heavy atom. The summed E-state index contributed by atoms with van der Waals surface area (Å²) in [6, 6.07) is 0. The van der Waals surface area contributed by atoms with Gasteiger partial charge in [-0.15, -0.1) is 0 Å². The average Bonchev–Trinajstić information content (AvgIpc) is 2.38. The van der Waals surface area contributed by atoms with Crippen molar-refractivity contribution in [3.8, 4) is 0 Å². The molecule has 7 heteroatoms. The van der Waals surface area contributed by atoms with E-state index in [1.807, 2.05) is 0 Å². The number of morpholine rings is 1. The maximum atomic E-state index is 11.6. The standard InChI is InChI=1S/C10H18N2O5/c13-4-8-16-5-1-11-9(14)10(15)12-2-6-17-7-3-12/h13H,1-8H2,(H,11,14). The van der Waals surface area contributed by atoms with Crippen molar-refractivity contribution in [3.05, 3.63) is 0 Å². The van der Waals surface area contributed by atoms with E-state index in [1.165, 1.54) is 4.90 Å². The summed E-state index contributed by atoms with van der Waals surface area (Å²) in [5.74, 6) is -1.16. The predicted octanol–water partition coefficient (Wildman–Crippen LogP) is -2.03. The lowest BCUT2D eigenvalue weighted by atomic mass is 10.4. The molecule has 0 aromatic rings. The highest BCUT2D eigenvalue weighted by Gasteiger charge is 2.22. The molecule has 1 aliphatic rings. The summed E-state index contributed by atoms with van der Waals surface area (Å²) in [7, 11) is 0. The van der Waals surface area contributed by atoms with E-state index in [0.29, 0.717) is 26.3 Å². The van der Waals surface area contributed by atoms with Crippen LogP contribution in [0, 0.1) is 0 Å². The van der Waals surface area contributed by atoms with Crippen LogP contribution in [-0.2, 0) is 19.1 Å². The maximum Gasteiger partial charge on any atom is 0.312 e. The highest BCUT2D eigenvalue weighted by Crippen LogP contribution is 1.97. The number of amides is 2. The van der Waals surface area contributed by atoms with Crippen molar-refractivity contribution in [2.45, 2.75) is 0 Å². The number of carbonyl (C=O) groups is 2. The Morgan fingerprint density at radius 1 is 1.29 bits per heavy atom. The van der Waals surface area contributed by atoms with E-state index in [1.54, 1.807) is 0 Å². The average molecular weight is 246 g/mol. The topological polar surface area (TPSA) is 88.1 Å². The number of hydrogen-bond donors (Lipinski definition) is 2. The van der Waals surface area contributed by atoms with Gasteiger partial charge < -0.3 is 24.8 Å². The van der Waals surface area contributed by atoms with Crippen LogP contribution >= 0.6 is 0 Å². The molecule has 0 unspecified atom stereocenters. The third-order valence-electron chi connectivity index (χ3n) is 2.26. The molecule has 1 heterocycles. The van der Waals surface area contributed by atoms with Crippen molar-refractivity contribution in [3.63, 3.8) is 0 Å². The fourth-order valence-electron chi connectivity index (χ4n) is 1.39. The van der Waals surface area contributed by atoms with Gasteiger partial charge in [0.05, 0.1) is 33.0 Å². The van der Waals surface area contributed by atoms with Gasteiger partial charge in [-0.25, -0.2) is 0 Å². The van der Waals surface area contributed by atoms with Crippen molar-refractivity contribution in [2.24, 2.45) is 0 Å². The van der Waals surface area contributed by atoms with Crippen LogP contribution in [0.3, 0.4) is 0 Å². The van der Waals surface area contributed by atoms with Crippen molar-refractivity contribution >= 4 is 11.8 Å². The molecule has 0 aliphatic carbocycles. The van der Waals surface area contributed by atoms with E-state index in [-0.39, 0.29) is 26.4 Å². The van der Waals surface area contributed by atoms with Crippen LogP contribution < -0.4 is 5.32 Å². The van der Waals surface area contributed by atoms with Crippen LogP contribution in [0.2, 0.25) is 0 Å². The normalized spacial score (nSPS) is 15.7. The molecule has 1 fully saturated rings. The monoisotopic (exact) mass is 246 g/mol. The molecule has 2 N–H and O–H groups in total. The molecule has 0 aromatic heterocycles. The molecule has 1 rings (SSSR count). The second kappa shape index (κ2) is 7.99. The lowest BCUT2D eigenvalue weighted by Crippen LogP contribution is -2.48. The predicted molar refractivity (Wildman–Crippen MR) is 58.3 cm³/mol. The number of aliphatic hydroxyl groups excluding tert-OH is 1. The molecule has 17 heavy (non-hydrogen) atoms. The summed E-state index contributed by atoms with van der Waals surface area (Å²) < 4.78 is 10.0. The van der Waals surface area contributed by atoms with Gasteiger partial charge in [0.1, 0.15) is 0 Å². The Bertz CT molecular complexity index is 253. The van der Waals surface area contributed by atoms with Gasteiger partial charge in [-0.05, 0) is 0 Å². The summed E-state index contributed by atoms with van der Waals surface area (Å²) in [6.45, 7) is 2.56. The van der Waals surface area contributed by atoms with Crippen LogP contribution in [0.1, 0.15) is 0 Å². The Labute approximate surface area is 99.7 Å². The van der Waals surface area contributed by atoms with Gasteiger partial charge in [0.2, 0.25) is 0 Å². The van der Waals surface area contributed by atoms with Crippen molar-refractivity contribution in [1.29, 1.82) is 0 Å². The summed E-state index contributed by atoms with van der Waals surface area (Å²) in [5.41, 5.74) is 0. The highest BCUT2D eigenvalue weighted by molar-refractivity contribution is 6.35. The molecule has 1 saturated heterocycles. The smallest absolute Gasteiger partial charge is 0.312 e. The molecular formula is C10H18N2O5. The van der Waals surface area contributed by atoms with E-state index in [2.05, 4.69) is 5.32 Å². The van der Waals surface area contributed by atoms with Crippen molar-refractivity contribution in [2.75, 3.05) is 52.7 Å². The molecule has 0 aromatic carbocycles. The zero-order valence-electron chi connectivity index (χ0n) is 9.68. The van der Waals surface area contributed by atoms with E-state index < -0.39 is 11.8 Å². The minimum atomic E-state index is -0.625. The van der Waals surface area contributed by atoms with Gasteiger partial charge in [-0.2, -0.15) is 0 Å². The number of ether oxygens (including phenoxy) is 2. The zero-order valence-corrected chi connectivity index (χ0v) is 9.68. The summed E-state index contributed by atoms with van der Waals surface area (Å²) in [5, 5.41) is 10.9. The van der Waals surface area contributed by atoms with Gasteiger partial charge in [0, 0.05) is 19.6 Å². The number of nitrogens with one attached hydrogen (secondary N) is 1. The van der Waals surface area contributed by atoms with E-state index in [0.717, 1.165) is 0 Å². The third kappa shape index (κ3) is 5.12. The van der Waals surface area contributed by atoms with Crippen LogP contribution in [-0.4, -0.2) is 74.5 Å². The molecule has 0 bridgehead atoms. The fraction of sp³-hybridized carbons (Fsp3) is 0.800. The molecule has 98 valence electrons. The Morgan fingerprint density at radius 2 is 2.00 bits per heavy atom. The molecule has 2 amide bonds. The number of nitrogens with zero attached hydrogens (tertiary/aromatic N) is 1. The molecule has 1 aliphatic heterocycles. The fourth-order valence-corrected chi connectivity index (χ4v) is 1.39. The van der Waals surface area contributed by atoms with Crippen molar-refractivity contribution < 1.29 is 24.2 Å². The van der Waals surface area contributed by atoms with Crippen molar-refractivity contribution in [1.82, 2.24) is 10.2 Å². The minimum absolute atomic E-state index is 0.0549. The van der Waals surface area contributed by atoms with Crippen LogP contribution in [0.5, 0.6) is 0 Å². The number of aliphatic hydroxyl groups is 1. The maximum absolute atomic E-state index is 11.6. The van der Waals surface area contributed by atoms with Gasteiger partial charge in [-0.3, -0.25) is 9.59 Å². The number of rotatable bonds is 5. The van der Waals surface area contributed by atoms with E-state index >= 15 is 0 Å². The second-order valence-corrected chi connectivity index (χ2v) is 3.50. The molecule has 0 spiro atoms.